The molecule has 2 aliphatic heterocycles. The first-order valence-corrected chi connectivity index (χ1v) is 8.61. The molecule has 1 N–H and O–H groups in total. The van der Waals surface area contributed by atoms with Crippen molar-refractivity contribution in [3.8, 4) is 0 Å². The lowest BCUT2D eigenvalue weighted by atomic mass is 10.0. The number of carbonyl (C=O) groups excluding carboxylic acids is 1. The molecule has 1 fully saturated rings. The third kappa shape index (κ3) is 2.83. The second-order valence-corrected chi connectivity index (χ2v) is 6.66. The van der Waals surface area contributed by atoms with Crippen LogP contribution in [-0.4, -0.2) is 41.7 Å². The van der Waals surface area contributed by atoms with Crippen molar-refractivity contribution in [2.24, 2.45) is 0 Å². The Balaban J connectivity index is 1.71. The molecule has 4 heteroatoms. The highest BCUT2D eigenvalue weighted by molar-refractivity contribution is 6.03. The molecular weight excluding hydrogens is 300 g/mol. The van der Waals surface area contributed by atoms with Crippen LogP contribution in [0.15, 0.2) is 48.5 Å². The summed E-state index contributed by atoms with van der Waals surface area (Å²) < 4.78 is 0. The van der Waals surface area contributed by atoms with Crippen molar-refractivity contribution in [2.75, 3.05) is 24.5 Å². The van der Waals surface area contributed by atoms with E-state index in [0.717, 1.165) is 37.2 Å². The van der Waals surface area contributed by atoms with E-state index in [1.54, 1.807) is 0 Å². The fourth-order valence-electron chi connectivity index (χ4n) is 3.77. The van der Waals surface area contributed by atoms with Gasteiger partial charge < -0.3 is 5.11 Å². The van der Waals surface area contributed by atoms with E-state index >= 15 is 0 Å². The van der Waals surface area contributed by atoms with E-state index < -0.39 is 0 Å². The molecule has 124 valence electrons. The van der Waals surface area contributed by atoms with Gasteiger partial charge >= 0.3 is 0 Å². The monoisotopic (exact) mass is 322 g/mol. The second-order valence-electron chi connectivity index (χ2n) is 6.66. The highest BCUT2D eigenvalue weighted by Gasteiger charge is 2.29. The first kappa shape index (κ1) is 15.4. The molecule has 1 amide bonds. The topological polar surface area (TPSA) is 43.8 Å². The van der Waals surface area contributed by atoms with Gasteiger partial charge in [0.25, 0.3) is 0 Å². The number of fused-ring (bicyclic) bond motifs is 2. The van der Waals surface area contributed by atoms with E-state index in [4.69, 9.17) is 0 Å². The van der Waals surface area contributed by atoms with Crippen molar-refractivity contribution in [1.82, 2.24) is 4.90 Å². The maximum Gasteiger partial charge on any atom is 0.245 e. The Morgan fingerprint density at radius 1 is 1.00 bits per heavy atom. The summed E-state index contributed by atoms with van der Waals surface area (Å²) in [6, 6.07) is 16.4. The first-order valence-electron chi connectivity index (χ1n) is 8.61. The third-order valence-corrected chi connectivity index (χ3v) is 4.98. The van der Waals surface area contributed by atoms with Gasteiger partial charge in [-0.25, -0.2) is 0 Å². The van der Waals surface area contributed by atoms with Gasteiger partial charge in [-0.2, -0.15) is 0 Å². The van der Waals surface area contributed by atoms with Gasteiger partial charge in [-0.1, -0.05) is 36.4 Å². The van der Waals surface area contributed by atoms with Crippen LogP contribution >= 0.6 is 0 Å². The van der Waals surface area contributed by atoms with Gasteiger partial charge in [-0.15, -0.1) is 0 Å². The van der Waals surface area contributed by atoms with Gasteiger partial charge in [-0.05, 0) is 42.5 Å². The first-order chi connectivity index (χ1) is 11.7. The Labute approximate surface area is 142 Å². The standard InChI is InChI=1S/C20H22N2O2/c23-17-11-12-21(13-17)14-20(24)22-18-7-3-1-5-15(18)9-10-16-6-2-4-8-19(16)22/h1-8,17,23H,9-14H2. The number of benzene rings is 2. The molecule has 0 spiro atoms. The summed E-state index contributed by atoms with van der Waals surface area (Å²) in [5.41, 5.74) is 4.41. The van der Waals surface area contributed by atoms with Crippen LogP contribution in [0.5, 0.6) is 0 Å². The minimum Gasteiger partial charge on any atom is -0.392 e. The summed E-state index contributed by atoms with van der Waals surface area (Å²) in [6.45, 7) is 1.71. The van der Waals surface area contributed by atoms with Crippen LogP contribution in [0.1, 0.15) is 17.5 Å². The number of hydrogen-bond acceptors (Lipinski definition) is 3. The lowest BCUT2D eigenvalue weighted by molar-refractivity contribution is -0.118. The van der Waals surface area contributed by atoms with E-state index in [2.05, 4.69) is 12.1 Å². The quantitative estimate of drug-likeness (QED) is 0.924. The van der Waals surface area contributed by atoms with Crippen LogP contribution in [0.3, 0.4) is 0 Å². The van der Waals surface area contributed by atoms with Gasteiger partial charge in [0.05, 0.1) is 24.0 Å². The fraction of sp³-hybridized carbons (Fsp3) is 0.350. The van der Waals surface area contributed by atoms with Gasteiger partial charge in [-0.3, -0.25) is 14.6 Å². The molecule has 2 aromatic rings. The second kappa shape index (κ2) is 6.38. The third-order valence-electron chi connectivity index (χ3n) is 4.98. The predicted octanol–water partition coefficient (Wildman–Crippen LogP) is 2.52. The number of amides is 1. The molecule has 0 radical (unpaired) electrons. The van der Waals surface area contributed by atoms with Crippen LogP contribution in [0.2, 0.25) is 0 Å². The van der Waals surface area contributed by atoms with E-state index in [0.29, 0.717) is 13.1 Å². The summed E-state index contributed by atoms with van der Waals surface area (Å²) in [7, 11) is 0. The summed E-state index contributed by atoms with van der Waals surface area (Å²) in [5, 5.41) is 9.72. The van der Waals surface area contributed by atoms with Gasteiger partial charge in [0.1, 0.15) is 0 Å². The van der Waals surface area contributed by atoms with Crippen molar-refractivity contribution < 1.29 is 9.90 Å². The minimum absolute atomic E-state index is 0.0749. The molecular formula is C20H22N2O2. The normalized spacial score (nSPS) is 20.4. The predicted molar refractivity (Wildman–Crippen MR) is 94.5 cm³/mol. The zero-order valence-corrected chi connectivity index (χ0v) is 13.7. The number of aryl methyl sites for hydroxylation is 2. The van der Waals surface area contributed by atoms with Gasteiger partial charge in [0.2, 0.25) is 5.91 Å². The van der Waals surface area contributed by atoms with Gasteiger partial charge in [0, 0.05) is 13.1 Å². The molecule has 0 aliphatic carbocycles. The van der Waals surface area contributed by atoms with Crippen molar-refractivity contribution in [3.63, 3.8) is 0 Å². The fourth-order valence-corrected chi connectivity index (χ4v) is 3.77. The number of nitrogens with zero attached hydrogens (tertiary/aromatic N) is 2. The maximum absolute atomic E-state index is 13.1. The zero-order chi connectivity index (χ0) is 16.5. The number of likely N-dealkylation sites (tertiary alicyclic amines) is 1. The Bertz CT molecular complexity index is 711. The molecule has 1 atom stereocenters. The smallest absolute Gasteiger partial charge is 0.245 e. The lowest BCUT2D eigenvalue weighted by Crippen LogP contribution is -2.37. The van der Waals surface area contributed by atoms with Crippen LogP contribution < -0.4 is 4.90 Å². The Kier molecular flexibility index (Phi) is 4.08. The Morgan fingerprint density at radius 2 is 1.58 bits per heavy atom. The van der Waals surface area contributed by atoms with Crippen molar-refractivity contribution in [3.05, 3.63) is 59.7 Å². The number of anilines is 2. The number of carbonyl (C=O) groups is 1. The van der Waals surface area contributed by atoms with Gasteiger partial charge in [0.15, 0.2) is 0 Å². The minimum atomic E-state index is -0.304. The van der Waals surface area contributed by atoms with Crippen molar-refractivity contribution in [1.29, 1.82) is 0 Å². The summed E-state index contributed by atoms with van der Waals surface area (Å²) >= 11 is 0. The number of rotatable bonds is 2. The number of hydrogen-bond donors (Lipinski definition) is 1. The number of β-amino-alcohol motifs (C(OH)–C–C–N with tert-alkyl or cyclic N) is 1. The highest BCUT2D eigenvalue weighted by atomic mass is 16.3. The molecule has 4 nitrogen and oxygen atoms in total. The van der Waals surface area contributed by atoms with Crippen LogP contribution in [0.25, 0.3) is 0 Å². The molecule has 0 aromatic heterocycles. The summed E-state index contributed by atoms with van der Waals surface area (Å²) in [6.07, 6.45) is 2.33. The molecule has 24 heavy (non-hydrogen) atoms. The van der Waals surface area contributed by atoms with Crippen LogP contribution in [0, 0.1) is 0 Å². The van der Waals surface area contributed by atoms with Crippen LogP contribution in [-0.2, 0) is 17.6 Å². The molecule has 2 aliphatic rings. The average molecular weight is 322 g/mol. The van der Waals surface area contributed by atoms with E-state index in [9.17, 15) is 9.90 Å². The molecule has 0 saturated carbocycles. The largest absolute Gasteiger partial charge is 0.392 e. The van der Waals surface area contributed by atoms with E-state index in [1.807, 2.05) is 46.2 Å². The zero-order valence-electron chi connectivity index (χ0n) is 13.7. The van der Waals surface area contributed by atoms with Crippen molar-refractivity contribution >= 4 is 17.3 Å². The number of para-hydroxylation sites is 2. The molecule has 1 unspecified atom stereocenters. The lowest BCUT2D eigenvalue weighted by Gasteiger charge is -2.27. The van der Waals surface area contributed by atoms with E-state index in [-0.39, 0.29) is 12.0 Å². The van der Waals surface area contributed by atoms with Crippen LogP contribution in [0.4, 0.5) is 11.4 Å². The molecule has 4 rings (SSSR count). The molecule has 2 aromatic carbocycles. The number of aliphatic hydroxyl groups excluding tert-OH is 1. The maximum atomic E-state index is 13.1. The summed E-state index contributed by atoms with van der Waals surface area (Å²) in [4.78, 5) is 17.1. The highest BCUT2D eigenvalue weighted by Crippen LogP contribution is 2.36. The molecule has 2 heterocycles. The Hall–Kier alpha value is -2.17. The SMILES string of the molecule is O=C(CN1CCC(O)C1)N1c2ccccc2CCc2ccccc21. The Morgan fingerprint density at radius 3 is 2.12 bits per heavy atom. The summed E-state index contributed by atoms with van der Waals surface area (Å²) in [5.74, 6) is 0.0749. The molecule has 1 saturated heterocycles. The molecule has 0 bridgehead atoms. The average Bonchev–Trinajstić information content (AvgIpc) is 2.91. The number of aliphatic hydroxyl groups is 1. The van der Waals surface area contributed by atoms with Crippen molar-refractivity contribution in [2.45, 2.75) is 25.4 Å². The van der Waals surface area contributed by atoms with E-state index in [1.165, 1.54) is 11.1 Å².